The number of nitrogens with zero attached hydrogens (tertiary/aromatic N) is 2. The molecule has 2 rings (SSSR count). The zero-order valence-corrected chi connectivity index (χ0v) is 13.0. The molecule has 2 aliphatic heterocycles. The van der Waals surface area contributed by atoms with Gasteiger partial charge < -0.3 is 5.11 Å². The van der Waals surface area contributed by atoms with Crippen molar-refractivity contribution < 1.29 is 18.3 Å². The zero-order valence-electron chi connectivity index (χ0n) is 12.2. The van der Waals surface area contributed by atoms with E-state index < -0.39 is 22.2 Å². The van der Waals surface area contributed by atoms with E-state index in [2.05, 4.69) is 6.92 Å². The van der Waals surface area contributed by atoms with Gasteiger partial charge in [-0.05, 0) is 44.9 Å². The van der Waals surface area contributed by atoms with Gasteiger partial charge in [0.2, 0.25) is 0 Å². The summed E-state index contributed by atoms with van der Waals surface area (Å²) >= 11 is 0. The number of aliphatic carboxylic acids is 1. The summed E-state index contributed by atoms with van der Waals surface area (Å²) in [6.07, 6.45) is 3.60. The van der Waals surface area contributed by atoms with E-state index in [1.54, 1.807) is 0 Å². The van der Waals surface area contributed by atoms with Crippen LogP contribution >= 0.6 is 0 Å². The third-order valence-corrected chi connectivity index (χ3v) is 6.57. The highest BCUT2D eigenvalue weighted by molar-refractivity contribution is 7.86. The molecular weight excluding hydrogens is 280 g/mol. The summed E-state index contributed by atoms with van der Waals surface area (Å²) in [5, 5.41) is 9.25. The molecule has 0 radical (unpaired) electrons. The van der Waals surface area contributed by atoms with Gasteiger partial charge in [0.05, 0.1) is 0 Å². The van der Waals surface area contributed by atoms with Crippen LogP contribution in [0.25, 0.3) is 0 Å². The number of hydrogen-bond donors (Lipinski definition) is 1. The average Bonchev–Trinajstić information content (AvgIpc) is 2.38. The summed E-state index contributed by atoms with van der Waals surface area (Å²) in [6, 6.07) is -0.958. The van der Waals surface area contributed by atoms with Crippen LogP contribution in [0.4, 0.5) is 0 Å². The van der Waals surface area contributed by atoms with E-state index in [1.807, 2.05) is 6.92 Å². The minimum atomic E-state index is -3.67. The Hall–Kier alpha value is -0.660. The Morgan fingerprint density at radius 2 is 1.80 bits per heavy atom. The first kappa shape index (κ1) is 15.7. The van der Waals surface area contributed by atoms with E-state index in [0.29, 0.717) is 25.4 Å². The van der Waals surface area contributed by atoms with Crippen LogP contribution in [0.2, 0.25) is 0 Å². The van der Waals surface area contributed by atoms with E-state index in [-0.39, 0.29) is 6.04 Å². The van der Waals surface area contributed by atoms with Gasteiger partial charge in [-0.25, -0.2) is 0 Å². The average molecular weight is 304 g/mol. The quantitative estimate of drug-likeness (QED) is 0.852. The second kappa shape index (κ2) is 5.99. The summed E-state index contributed by atoms with van der Waals surface area (Å²) in [6.45, 7) is 4.85. The van der Waals surface area contributed by atoms with Gasteiger partial charge in [-0.15, -0.1) is 0 Å². The van der Waals surface area contributed by atoms with Crippen molar-refractivity contribution in [3.8, 4) is 0 Å². The van der Waals surface area contributed by atoms with Crippen LogP contribution in [0, 0.1) is 5.92 Å². The molecule has 0 spiro atoms. The predicted octanol–water partition coefficient (Wildman–Crippen LogP) is 1.29. The maximum Gasteiger partial charge on any atom is 0.322 e. The summed E-state index contributed by atoms with van der Waals surface area (Å²) < 4.78 is 28.2. The van der Waals surface area contributed by atoms with Crippen LogP contribution in [0.1, 0.15) is 46.0 Å². The molecule has 2 heterocycles. The molecular formula is C13H24N2O4S. The van der Waals surface area contributed by atoms with Gasteiger partial charge in [-0.3, -0.25) is 4.79 Å². The maximum atomic E-state index is 12.8. The second-order valence-electron chi connectivity index (χ2n) is 6.06. The lowest BCUT2D eigenvalue weighted by molar-refractivity contribution is -0.142. The van der Waals surface area contributed by atoms with Crippen molar-refractivity contribution >= 4 is 16.2 Å². The second-order valence-corrected chi connectivity index (χ2v) is 7.89. The standard InChI is InChI=1S/C13H24N2O4S/c1-10-6-8-14(11(2)9-10)20(18,19)15-7-4-3-5-12(15)13(16)17/h10-12H,3-9H2,1-2H3,(H,16,17). The third-order valence-electron chi connectivity index (χ3n) is 4.41. The van der Waals surface area contributed by atoms with Gasteiger partial charge in [0, 0.05) is 19.1 Å². The van der Waals surface area contributed by atoms with E-state index in [4.69, 9.17) is 0 Å². The molecule has 2 fully saturated rings. The van der Waals surface area contributed by atoms with Crippen molar-refractivity contribution in [3.05, 3.63) is 0 Å². The third kappa shape index (κ3) is 2.99. The van der Waals surface area contributed by atoms with Crippen molar-refractivity contribution in [1.29, 1.82) is 0 Å². The fourth-order valence-electron chi connectivity index (χ4n) is 3.29. The van der Waals surface area contributed by atoms with Gasteiger partial charge in [0.1, 0.15) is 6.04 Å². The van der Waals surface area contributed by atoms with Crippen LogP contribution in [0.15, 0.2) is 0 Å². The SMILES string of the molecule is CC1CCN(S(=O)(=O)N2CCCCC2C(=O)O)C(C)C1. The molecule has 0 aliphatic carbocycles. The summed E-state index contributed by atoms with van der Waals surface area (Å²) in [5.74, 6) is -0.514. The molecule has 0 saturated carbocycles. The Morgan fingerprint density at radius 1 is 1.10 bits per heavy atom. The van der Waals surface area contributed by atoms with Crippen LogP contribution in [0.5, 0.6) is 0 Å². The molecule has 2 saturated heterocycles. The number of carboxylic acids is 1. The normalized spacial score (nSPS) is 34.0. The van der Waals surface area contributed by atoms with Gasteiger partial charge in [0.25, 0.3) is 10.2 Å². The highest BCUT2D eigenvalue weighted by atomic mass is 32.2. The van der Waals surface area contributed by atoms with E-state index in [1.165, 1.54) is 8.61 Å². The van der Waals surface area contributed by atoms with Gasteiger partial charge in [-0.2, -0.15) is 17.0 Å². The van der Waals surface area contributed by atoms with Gasteiger partial charge in [0.15, 0.2) is 0 Å². The molecule has 0 aromatic heterocycles. The van der Waals surface area contributed by atoms with Gasteiger partial charge >= 0.3 is 5.97 Å². The number of rotatable bonds is 3. The fraction of sp³-hybridized carbons (Fsp3) is 0.923. The number of hydrogen-bond acceptors (Lipinski definition) is 3. The molecule has 0 aromatic rings. The Balaban J connectivity index is 2.22. The van der Waals surface area contributed by atoms with E-state index in [0.717, 1.165) is 25.7 Å². The minimum Gasteiger partial charge on any atom is -0.480 e. The first-order valence-electron chi connectivity index (χ1n) is 7.35. The number of carbonyl (C=O) groups is 1. The summed E-state index contributed by atoms with van der Waals surface area (Å²) in [4.78, 5) is 11.3. The highest BCUT2D eigenvalue weighted by Gasteiger charge is 2.42. The fourth-order valence-corrected chi connectivity index (χ4v) is 5.31. The van der Waals surface area contributed by atoms with Crippen LogP contribution in [-0.4, -0.2) is 53.3 Å². The monoisotopic (exact) mass is 304 g/mol. The smallest absolute Gasteiger partial charge is 0.322 e. The Morgan fingerprint density at radius 3 is 2.40 bits per heavy atom. The lowest BCUT2D eigenvalue weighted by Crippen LogP contribution is -2.56. The summed E-state index contributed by atoms with van der Waals surface area (Å²) in [7, 11) is -3.67. The van der Waals surface area contributed by atoms with Crippen molar-refractivity contribution in [1.82, 2.24) is 8.61 Å². The lowest BCUT2D eigenvalue weighted by Gasteiger charge is -2.41. The molecule has 116 valence electrons. The zero-order chi connectivity index (χ0) is 14.9. The largest absolute Gasteiger partial charge is 0.480 e. The molecule has 0 bridgehead atoms. The van der Waals surface area contributed by atoms with Crippen molar-refractivity contribution in [3.63, 3.8) is 0 Å². The Kier molecular flexibility index (Phi) is 4.71. The van der Waals surface area contributed by atoms with Crippen molar-refractivity contribution in [2.75, 3.05) is 13.1 Å². The topological polar surface area (TPSA) is 77.9 Å². The molecule has 1 N–H and O–H groups in total. The summed E-state index contributed by atoms with van der Waals surface area (Å²) in [5.41, 5.74) is 0. The molecule has 0 amide bonds. The molecule has 2 aliphatic rings. The van der Waals surface area contributed by atoms with Crippen molar-refractivity contribution in [2.24, 2.45) is 5.92 Å². The molecule has 20 heavy (non-hydrogen) atoms. The molecule has 0 aromatic carbocycles. The molecule has 3 unspecified atom stereocenters. The van der Waals surface area contributed by atoms with Crippen LogP contribution < -0.4 is 0 Å². The van der Waals surface area contributed by atoms with Crippen molar-refractivity contribution in [2.45, 2.75) is 58.0 Å². The molecule has 3 atom stereocenters. The Labute approximate surface area is 120 Å². The molecule has 6 nitrogen and oxygen atoms in total. The van der Waals surface area contributed by atoms with E-state index in [9.17, 15) is 18.3 Å². The first-order chi connectivity index (χ1) is 9.34. The van der Waals surface area contributed by atoms with Crippen LogP contribution in [0.3, 0.4) is 0 Å². The number of carboxylic acid groups (broad SMARTS) is 1. The van der Waals surface area contributed by atoms with E-state index >= 15 is 0 Å². The Bertz CT molecular complexity index is 465. The number of piperidine rings is 2. The van der Waals surface area contributed by atoms with Crippen LogP contribution in [-0.2, 0) is 15.0 Å². The molecule has 7 heteroatoms. The van der Waals surface area contributed by atoms with Gasteiger partial charge in [-0.1, -0.05) is 6.92 Å². The highest BCUT2D eigenvalue weighted by Crippen LogP contribution is 2.29. The lowest BCUT2D eigenvalue weighted by atomic mass is 9.95. The predicted molar refractivity (Wildman–Crippen MR) is 75.5 cm³/mol. The minimum absolute atomic E-state index is 0.0554. The first-order valence-corrected chi connectivity index (χ1v) is 8.75. The maximum absolute atomic E-state index is 12.8.